The van der Waals surface area contributed by atoms with Crippen molar-refractivity contribution in [1.29, 1.82) is 0 Å². The van der Waals surface area contributed by atoms with Gasteiger partial charge in [-0.05, 0) is 60.1 Å². The molecule has 2 amide bonds. The number of hydrogen-bond acceptors (Lipinski definition) is 5. The van der Waals surface area contributed by atoms with Crippen molar-refractivity contribution < 1.29 is 9.59 Å². The first-order valence-corrected chi connectivity index (χ1v) is 11.7. The number of carbonyl (C=O) groups excluding carboxylic acids is 2. The minimum Gasteiger partial charge on any atom is -0.322 e. The number of halogens is 1. The third-order valence-corrected chi connectivity index (χ3v) is 7.05. The average molecular weight is 476 g/mol. The molecule has 0 spiro atoms. The van der Waals surface area contributed by atoms with E-state index in [-0.39, 0.29) is 18.4 Å². The Kier molecular flexibility index (Phi) is 5.58. The first-order chi connectivity index (χ1) is 15.6. The van der Waals surface area contributed by atoms with Crippen molar-refractivity contribution in [2.45, 2.75) is 9.79 Å². The van der Waals surface area contributed by atoms with E-state index in [9.17, 15) is 9.59 Å². The van der Waals surface area contributed by atoms with Crippen molar-refractivity contribution in [2.75, 3.05) is 16.8 Å². The summed E-state index contributed by atoms with van der Waals surface area (Å²) in [5.41, 5.74) is 5.05. The van der Waals surface area contributed by atoms with Gasteiger partial charge in [0.25, 0.3) is 11.8 Å². The number of thiazole rings is 1. The van der Waals surface area contributed by atoms with Crippen LogP contribution < -0.4 is 10.2 Å². The van der Waals surface area contributed by atoms with Crippen LogP contribution in [0, 0.1) is 11.3 Å². The molecular formula is C24H14ClN3O2S2. The Morgan fingerprint density at radius 2 is 1.97 bits per heavy atom. The molecule has 1 aliphatic rings. The Labute approximate surface area is 197 Å². The summed E-state index contributed by atoms with van der Waals surface area (Å²) in [4.78, 5) is 33.6. The van der Waals surface area contributed by atoms with Crippen LogP contribution >= 0.6 is 34.7 Å². The van der Waals surface area contributed by atoms with Crippen molar-refractivity contribution in [2.24, 2.45) is 0 Å². The molecule has 3 aromatic carbocycles. The molecular weight excluding hydrogens is 462 g/mol. The molecule has 2 heterocycles. The number of amides is 2. The van der Waals surface area contributed by atoms with Crippen molar-refractivity contribution >= 4 is 68.1 Å². The molecule has 0 unspecified atom stereocenters. The minimum atomic E-state index is -0.222. The number of nitrogens with one attached hydrogen (secondary N) is 1. The Bertz CT molecular complexity index is 1440. The molecule has 0 aliphatic carbocycles. The van der Waals surface area contributed by atoms with E-state index in [0.29, 0.717) is 16.8 Å². The second-order valence-electron chi connectivity index (χ2n) is 6.93. The van der Waals surface area contributed by atoms with Crippen LogP contribution in [0.3, 0.4) is 0 Å². The van der Waals surface area contributed by atoms with Crippen LogP contribution in [-0.4, -0.2) is 23.3 Å². The fraction of sp³-hybridized carbons (Fsp3) is 0.0417. The highest BCUT2D eigenvalue weighted by molar-refractivity contribution is 7.99. The van der Waals surface area contributed by atoms with E-state index in [1.807, 2.05) is 36.4 Å². The second kappa shape index (κ2) is 8.67. The van der Waals surface area contributed by atoms with E-state index in [2.05, 4.69) is 21.6 Å². The Morgan fingerprint density at radius 1 is 1.09 bits per heavy atom. The zero-order chi connectivity index (χ0) is 22.1. The number of carbonyl (C=O) groups is 2. The topological polar surface area (TPSA) is 62.3 Å². The van der Waals surface area contributed by atoms with Gasteiger partial charge in [0.1, 0.15) is 0 Å². The van der Waals surface area contributed by atoms with E-state index >= 15 is 0 Å². The molecule has 0 radical (unpaired) electrons. The van der Waals surface area contributed by atoms with Gasteiger partial charge < -0.3 is 5.32 Å². The number of nitrogens with zero attached hydrogens (tertiary/aromatic N) is 2. The van der Waals surface area contributed by atoms with Crippen LogP contribution in [0.5, 0.6) is 0 Å². The van der Waals surface area contributed by atoms with Crippen molar-refractivity contribution in [3.8, 4) is 11.3 Å². The third kappa shape index (κ3) is 3.84. The number of aromatic nitrogens is 1. The molecule has 1 N–H and O–H groups in total. The summed E-state index contributed by atoms with van der Waals surface area (Å²) >= 11 is 8.57. The van der Waals surface area contributed by atoms with Gasteiger partial charge in [0.05, 0.1) is 33.5 Å². The molecule has 32 heavy (non-hydrogen) atoms. The number of anilines is 2. The Balaban J connectivity index is 1.49. The van der Waals surface area contributed by atoms with Gasteiger partial charge in [-0.1, -0.05) is 29.8 Å². The van der Waals surface area contributed by atoms with Gasteiger partial charge in [0.2, 0.25) is 0 Å². The normalized spacial score (nSPS) is 12.4. The van der Waals surface area contributed by atoms with Crippen molar-refractivity contribution in [3.63, 3.8) is 0 Å². The van der Waals surface area contributed by atoms with E-state index in [1.165, 1.54) is 23.1 Å². The summed E-state index contributed by atoms with van der Waals surface area (Å²) in [5.74, 6) is 2.40. The maximum atomic E-state index is 13.2. The number of hydrogen-bond donors (Lipinski definition) is 1. The van der Waals surface area contributed by atoms with Crippen molar-refractivity contribution in [3.05, 3.63) is 77.3 Å². The quantitative estimate of drug-likeness (QED) is 0.377. The fourth-order valence-electron chi connectivity index (χ4n) is 3.47. The average Bonchev–Trinajstić information content (AvgIpc) is 3.24. The van der Waals surface area contributed by atoms with Crippen LogP contribution in [0.4, 0.5) is 11.4 Å². The summed E-state index contributed by atoms with van der Waals surface area (Å²) in [6.07, 6.45) is 0. The zero-order valence-corrected chi connectivity index (χ0v) is 18.9. The molecule has 0 saturated heterocycles. The number of fused-ring (bicyclic) bond motifs is 3. The van der Waals surface area contributed by atoms with Crippen LogP contribution in [0.1, 0.15) is 20.7 Å². The van der Waals surface area contributed by atoms with Crippen molar-refractivity contribution in [1.82, 2.24) is 4.98 Å². The highest BCUT2D eigenvalue weighted by Crippen LogP contribution is 2.42. The first-order valence-electron chi connectivity index (χ1n) is 9.60. The summed E-state index contributed by atoms with van der Waals surface area (Å²) < 4.78 is 1.03. The SMILES string of the molecule is O=C(Nc1ccc2c(c1)Sc1ccccc1C(=O)N2CC#CCl)c1ccc2scnc2c1. The smallest absolute Gasteiger partial charge is 0.260 e. The molecule has 5 rings (SSSR count). The van der Waals surface area contributed by atoms with Gasteiger partial charge in [0.15, 0.2) is 0 Å². The monoisotopic (exact) mass is 475 g/mol. The molecule has 156 valence electrons. The zero-order valence-electron chi connectivity index (χ0n) is 16.5. The molecule has 1 aliphatic heterocycles. The molecule has 0 saturated carbocycles. The predicted molar refractivity (Wildman–Crippen MR) is 130 cm³/mol. The van der Waals surface area contributed by atoms with Gasteiger partial charge in [-0.15, -0.1) is 11.3 Å². The van der Waals surface area contributed by atoms with Crippen LogP contribution in [0.25, 0.3) is 10.2 Å². The van der Waals surface area contributed by atoms with Gasteiger partial charge in [-0.25, -0.2) is 4.98 Å². The van der Waals surface area contributed by atoms with Crippen LogP contribution in [-0.2, 0) is 0 Å². The lowest BCUT2D eigenvalue weighted by molar-refractivity contribution is 0.0985. The molecule has 5 nitrogen and oxygen atoms in total. The van der Waals surface area contributed by atoms with Gasteiger partial charge >= 0.3 is 0 Å². The highest BCUT2D eigenvalue weighted by atomic mass is 35.5. The summed E-state index contributed by atoms with van der Waals surface area (Å²) in [7, 11) is 0. The lowest BCUT2D eigenvalue weighted by atomic mass is 10.1. The lowest BCUT2D eigenvalue weighted by Gasteiger charge is -2.21. The summed E-state index contributed by atoms with van der Waals surface area (Å²) in [6.45, 7) is 0.170. The molecule has 8 heteroatoms. The highest BCUT2D eigenvalue weighted by Gasteiger charge is 2.27. The minimum absolute atomic E-state index is 0.139. The predicted octanol–water partition coefficient (Wildman–Crippen LogP) is 5.86. The maximum Gasteiger partial charge on any atom is 0.260 e. The second-order valence-corrected chi connectivity index (χ2v) is 9.09. The third-order valence-electron chi connectivity index (χ3n) is 4.99. The molecule has 0 fully saturated rings. The lowest BCUT2D eigenvalue weighted by Crippen LogP contribution is -2.31. The Morgan fingerprint density at radius 3 is 2.84 bits per heavy atom. The van der Waals surface area contributed by atoms with Gasteiger partial charge in [-0.3, -0.25) is 14.5 Å². The van der Waals surface area contributed by atoms with E-state index in [4.69, 9.17) is 11.6 Å². The van der Waals surface area contributed by atoms with Crippen LogP contribution in [0.2, 0.25) is 0 Å². The van der Waals surface area contributed by atoms with Gasteiger partial charge in [-0.2, -0.15) is 0 Å². The first kappa shape index (κ1) is 20.6. The Hall–Kier alpha value is -3.31. The molecule has 0 atom stereocenters. The van der Waals surface area contributed by atoms with Crippen LogP contribution in [0.15, 0.2) is 76.0 Å². The fourth-order valence-corrected chi connectivity index (χ4v) is 5.31. The molecule has 4 aromatic rings. The number of rotatable bonds is 3. The standard InChI is InChI=1S/C24H14ClN3O2S2/c25-10-3-11-28-19-8-7-16(13-22(19)32-20-5-2-1-4-17(20)24(28)30)27-23(29)15-6-9-21-18(12-15)26-14-31-21/h1-2,4-9,12-14H,11H2,(H,27,29). The largest absolute Gasteiger partial charge is 0.322 e. The van der Waals surface area contributed by atoms with E-state index in [1.54, 1.807) is 34.7 Å². The molecule has 1 aromatic heterocycles. The summed E-state index contributed by atoms with van der Waals surface area (Å²) in [5, 5.41) is 5.29. The maximum absolute atomic E-state index is 13.2. The van der Waals surface area contributed by atoms with E-state index < -0.39 is 0 Å². The van der Waals surface area contributed by atoms with E-state index in [0.717, 1.165) is 25.7 Å². The summed E-state index contributed by atoms with van der Waals surface area (Å²) in [6, 6.07) is 18.4. The number of benzene rings is 3. The van der Waals surface area contributed by atoms with Gasteiger partial charge in [0, 0.05) is 26.4 Å². The molecule has 0 bridgehead atoms.